The van der Waals surface area contributed by atoms with Gasteiger partial charge in [0.2, 0.25) is 0 Å². The predicted molar refractivity (Wildman–Crippen MR) is 80.7 cm³/mol. The number of aliphatic carboxylic acids is 1. The van der Waals surface area contributed by atoms with E-state index in [1.54, 1.807) is 49.3 Å². The molecule has 110 valence electrons. The minimum atomic E-state index is -1.06. The molecule has 1 aliphatic heterocycles. The second-order valence-electron chi connectivity index (χ2n) is 4.46. The second-order valence-corrected chi connectivity index (χ2v) is 4.82. The van der Waals surface area contributed by atoms with Gasteiger partial charge in [-0.25, -0.2) is 4.79 Å². The van der Waals surface area contributed by atoms with Crippen LogP contribution in [-0.4, -0.2) is 52.6 Å². The number of likely N-dealkylation sites (N-methyl/N-ethyl adjacent to an activating group) is 2. The van der Waals surface area contributed by atoms with Crippen LogP contribution in [0.2, 0.25) is 0 Å². The van der Waals surface area contributed by atoms with Gasteiger partial charge in [-0.05, 0) is 24.4 Å². The Morgan fingerprint density at radius 1 is 1.33 bits per heavy atom. The Balaban J connectivity index is 2.35. The number of ether oxygens (including phenoxy) is 1. The van der Waals surface area contributed by atoms with Crippen molar-refractivity contribution in [2.45, 2.75) is 0 Å². The molecule has 0 saturated carbocycles. The van der Waals surface area contributed by atoms with Gasteiger partial charge in [0, 0.05) is 19.7 Å². The number of carboxylic acid groups (broad SMARTS) is 1. The monoisotopic (exact) mass is 306 g/mol. The number of carboxylic acids is 1. The highest BCUT2D eigenvalue weighted by atomic mass is 32.1. The average Bonchev–Trinajstić information content (AvgIpc) is 2.64. The summed E-state index contributed by atoms with van der Waals surface area (Å²) in [6.45, 7) is -0.442. The van der Waals surface area contributed by atoms with Crippen LogP contribution in [0.15, 0.2) is 30.0 Å². The molecule has 6 nitrogen and oxygen atoms in total. The lowest BCUT2D eigenvalue weighted by molar-refractivity contribution is -0.139. The molecule has 0 spiro atoms. The molecule has 21 heavy (non-hydrogen) atoms. The molecule has 0 bridgehead atoms. The topological polar surface area (TPSA) is 70.1 Å². The van der Waals surface area contributed by atoms with Crippen molar-refractivity contribution in [3.05, 3.63) is 35.5 Å². The van der Waals surface area contributed by atoms with Gasteiger partial charge in [0.25, 0.3) is 5.91 Å². The third-order valence-electron chi connectivity index (χ3n) is 3.02. The smallest absolute Gasteiger partial charge is 0.341 e. The number of hydrogen-bond acceptors (Lipinski definition) is 4. The van der Waals surface area contributed by atoms with Crippen molar-refractivity contribution in [3.63, 3.8) is 0 Å². The Bertz CT molecular complexity index is 642. The van der Waals surface area contributed by atoms with Crippen LogP contribution in [0.1, 0.15) is 5.56 Å². The van der Waals surface area contributed by atoms with E-state index >= 15 is 0 Å². The van der Waals surface area contributed by atoms with Gasteiger partial charge in [-0.2, -0.15) is 0 Å². The standard InChI is InChI=1S/C14H14N2O4S/c1-15-10(13(19)16(2)14(15)21)7-9-5-3-4-6-11(9)20-8-12(17)18/h3-7H,8H2,1-2H3,(H,17,18). The van der Waals surface area contributed by atoms with E-state index in [1.807, 2.05) is 0 Å². The summed E-state index contributed by atoms with van der Waals surface area (Å²) in [5, 5.41) is 9.09. The van der Waals surface area contributed by atoms with Crippen molar-refractivity contribution in [1.82, 2.24) is 9.80 Å². The van der Waals surface area contributed by atoms with E-state index in [4.69, 9.17) is 22.1 Å². The van der Waals surface area contributed by atoms with E-state index in [9.17, 15) is 9.59 Å². The molecule has 1 aromatic rings. The fourth-order valence-corrected chi connectivity index (χ4v) is 2.09. The predicted octanol–water partition coefficient (Wildman–Crippen LogP) is 1.18. The fourth-order valence-electron chi connectivity index (χ4n) is 1.91. The Morgan fingerprint density at radius 3 is 2.57 bits per heavy atom. The molecule has 0 aromatic heterocycles. The highest BCUT2D eigenvalue weighted by molar-refractivity contribution is 7.80. The van der Waals surface area contributed by atoms with Crippen LogP contribution in [0.3, 0.4) is 0 Å². The lowest BCUT2D eigenvalue weighted by Gasteiger charge is -2.12. The SMILES string of the molecule is CN1C(=O)C(=Cc2ccccc2OCC(=O)O)N(C)C1=S. The number of carbonyl (C=O) groups is 2. The summed E-state index contributed by atoms with van der Waals surface area (Å²) in [5.41, 5.74) is 1.03. The normalized spacial score (nSPS) is 16.8. The molecule has 1 aliphatic rings. The molecule has 0 atom stereocenters. The van der Waals surface area contributed by atoms with Gasteiger partial charge >= 0.3 is 5.97 Å². The summed E-state index contributed by atoms with van der Waals surface area (Å²) in [6, 6.07) is 6.90. The van der Waals surface area contributed by atoms with Crippen LogP contribution in [0, 0.1) is 0 Å². The zero-order valence-corrected chi connectivity index (χ0v) is 12.4. The summed E-state index contributed by atoms with van der Waals surface area (Å²) in [5.74, 6) is -0.878. The first-order valence-electron chi connectivity index (χ1n) is 6.13. The van der Waals surface area contributed by atoms with Crippen LogP contribution in [-0.2, 0) is 9.59 Å². The van der Waals surface area contributed by atoms with Crippen LogP contribution in [0.4, 0.5) is 0 Å². The van der Waals surface area contributed by atoms with Crippen molar-refractivity contribution in [3.8, 4) is 5.75 Å². The molecule has 2 rings (SSSR count). The summed E-state index contributed by atoms with van der Waals surface area (Å²) in [6.07, 6.45) is 1.63. The van der Waals surface area contributed by atoms with Crippen molar-refractivity contribution in [2.75, 3.05) is 20.7 Å². The minimum absolute atomic E-state index is 0.212. The third-order valence-corrected chi connectivity index (χ3v) is 3.57. The molecule has 1 aromatic carbocycles. The number of benzene rings is 1. The van der Waals surface area contributed by atoms with Crippen LogP contribution >= 0.6 is 12.2 Å². The molecule has 7 heteroatoms. The van der Waals surface area contributed by atoms with Crippen molar-refractivity contribution in [2.24, 2.45) is 0 Å². The van der Waals surface area contributed by atoms with Gasteiger partial charge in [0.15, 0.2) is 11.7 Å². The molecule has 1 saturated heterocycles. The fraction of sp³-hybridized carbons (Fsp3) is 0.214. The average molecular weight is 306 g/mol. The number of amides is 1. The van der Waals surface area contributed by atoms with E-state index in [0.717, 1.165) is 0 Å². The van der Waals surface area contributed by atoms with Crippen molar-refractivity contribution < 1.29 is 19.4 Å². The molecule has 0 aliphatic carbocycles. The quantitative estimate of drug-likeness (QED) is 0.665. The van der Waals surface area contributed by atoms with E-state index < -0.39 is 12.6 Å². The zero-order valence-electron chi connectivity index (χ0n) is 11.6. The van der Waals surface area contributed by atoms with Gasteiger partial charge in [0.05, 0.1) is 0 Å². The maximum absolute atomic E-state index is 12.1. The lowest BCUT2D eigenvalue weighted by atomic mass is 10.1. The van der Waals surface area contributed by atoms with Gasteiger partial charge in [-0.15, -0.1) is 0 Å². The highest BCUT2D eigenvalue weighted by Gasteiger charge is 2.32. The van der Waals surface area contributed by atoms with Crippen molar-refractivity contribution in [1.29, 1.82) is 0 Å². The maximum Gasteiger partial charge on any atom is 0.341 e. The van der Waals surface area contributed by atoms with E-state index in [2.05, 4.69) is 0 Å². The van der Waals surface area contributed by atoms with Crippen LogP contribution in [0.25, 0.3) is 6.08 Å². The summed E-state index contributed by atoms with van der Waals surface area (Å²) >= 11 is 5.13. The third kappa shape index (κ3) is 3.03. The minimum Gasteiger partial charge on any atom is -0.481 e. The first-order valence-corrected chi connectivity index (χ1v) is 6.53. The van der Waals surface area contributed by atoms with E-state index in [-0.39, 0.29) is 5.91 Å². The Morgan fingerprint density at radius 2 is 2.00 bits per heavy atom. The van der Waals surface area contributed by atoms with Gasteiger partial charge < -0.3 is 14.7 Å². The van der Waals surface area contributed by atoms with Crippen molar-refractivity contribution >= 4 is 35.3 Å². The highest BCUT2D eigenvalue weighted by Crippen LogP contribution is 2.25. The largest absolute Gasteiger partial charge is 0.481 e. The molecule has 1 fully saturated rings. The number of hydrogen-bond donors (Lipinski definition) is 1. The van der Waals surface area contributed by atoms with Crippen LogP contribution < -0.4 is 4.74 Å². The van der Waals surface area contributed by atoms with Gasteiger partial charge in [0.1, 0.15) is 11.4 Å². The lowest BCUT2D eigenvalue weighted by Crippen LogP contribution is -2.26. The van der Waals surface area contributed by atoms with Crippen LogP contribution in [0.5, 0.6) is 5.75 Å². The molecule has 1 amide bonds. The number of rotatable bonds is 4. The van der Waals surface area contributed by atoms with E-state index in [0.29, 0.717) is 22.1 Å². The maximum atomic E-state index is 12.1. The number of para-hydroxylation sites is 1. The summed E-state index contributed by atoms with van der Waals surface area (Å²) in [4.78, 5) is 25.7. The molecular formula is C14H14N2O4S. The number of thiocarbonyl (C=S) groups is 1. The summed E-state index contributed by atoms with van der Waals surface area (Å²) < 4.78 is 5.21. The number of carbonyl (C=O) groups excluding carboxylic acids is 1. The molecule has 1 heterocycles. The Hall–Kier alpha value is -2.41. The molecule has 0 radical (unpaired) electrons. The Kier molecular flexibility index (Phi) is 4.23. The Labute approximate surface area is 127 Å². The zero-order chi connectivity index (χ0) is 15.6. The number of nitrogens with zero attached hydrogens (tertiary/aromatic N) is 2. The second kappa shape index (κ2) is 5.92. The van der Waals surface area contributed by atoms with E-state index in [1.165, 1.54) is 4.90 Å². The van der Waals surface area contributed by atoms with Gasteiger partial charge in [-0.1, -0.05) is 18.2 Å². The first kappa shape index (κ1) is 15.0. The molecular weight excluding hydrogens is 292 g/mol. The first-order chi connectivity index (χ1) is 9.91. The molecule has 0 unspecified atom stereocenters. The molecule has 1 N–H and O–H groups in total. The van der Waals surface area contributed by atoms with Gasteiger partial charge in [-0.3, -0.25) is 9.69 Å². The summed E-state index contributed by atoms with van der Waals surface area (Å²) in [7, 11) is 3.31.